The van der Waals surface area contributed by atoms with E-state index in [4.69, 9.17) is 19.7 Å². The summed E-state index contributed by atoms with van der Waals surface area (Å²) in [5.41, 5.74) is 14.4. The van der Waals surface area contributed by atoms with Gasteiger partial charge in [-0.25, -0.2) is 0 Å². The second-order valence-corrected chi connectivity index (χ2v) is 16.0. The van der Waals surface area contributed by atoms with E-state index in [9.17, 15) is 0 Å². The molecular weight excluding hydrogens is 673 g/mol. The van der Waals surface area contributed by atoms with Crippen molar-refractivity contribution in [1.82, 2.24) is 9.88 Å². The lowest BCUT2D eigenvalue weighted by atomic mass is 9.77. The minimum absolute atomic E-state index is 0.0639. The molecule has 55 heavy (non-hydrogen) atoms. The predicted octanol–water partition coefficient (Wildman–Crippen LogP) is 10.3. The van der Waals surface area contributed by atoms with Gasteiger partial charge in [0.1, 0.15) is 11.9 Å². The van der Waals surface area contributed by atoms with Crippen LogP contribution in [0, 0.1) is 11.8 Å². The molecule has 5 nitrogen and oxygen atoms in total. The maximum Gasteiger partial charge on any atom is 0.128 e. The summed E-state index contributed by atoms with van der Waals surface area (Å²) in [7, 11) is 2.21. The molecule has 3 aliphatic heterocycles. The number of rotatable bonds is 6. The molecule has 0 bridgehead atoms. The number of hydrogen-bond donors (Lipinski definition) is 0. The minimum atomic E-state index is 0.0639. The normalized spacial score (nSPS) is 30.3. The number of pyridine rings is 1. The van der Waals surface area contributed by atoms with E-state index >= 15 is 0 Å². The van der Waals surface area contributed by atoms with E-state index in [1.807, 2.05) is 0 Å². The maximum absolute atomic E-state index is 6.71. The van der Waals surface area contributed by atoms with Crippen LogP contribution in [0.2, 0.25) is 0 Å². The van der Waals surface area contributed by atoms with E-state index in [-0.39, 0.29) is 30.0 Å². The zero-order valence-electron chi connectivity index (χ0n) is 31.3. The van der Waals surface area contributed by atoms with E-state index in [2.05, 4.69) is 165 Å². The Morgan fingerprint density at radius 3 is 2.58 bits per heavy atom. The smallest absolute Gasteiger partial charge is 0.128 e. The fourth-order valence-corrected chi connectivity index (χ4v) is 10.1. The maximum atomic E-state index is 6.71. The van der Waals surface area contributed by atoms with Gasteiger partial charge in [-0.2, -0.15) is 0 Å². The molecule has 270 valence electrons. The van der Waals surface area contributed by atoms with Crippen LogP contribution in [0.4, 0.5) is 0 Å². The summed E-state index contributed by atoms with van der Waals surface area (Å²) >= 11 is 0. The SMILES string of the molecule is CC/C(=N\C1=CCCC2=C1N(C)C(c1ccccc1)C=C2)c1ccc(C2C3C=CC(C4=NC5C=CC=CC5c5c4ccc4c5OC5C=CC=CC45)=C[C@@H]32)nc1. The molecule has 1 aromatic heterocycles. The Morgan fingerprint density at radius 2 is 1.73 bits per heavy atom. The van der Waals surface area contributed by atoms with Gasteiger partial charge in [-0.15, -0.1) is 0 Å². The first kappa shape index (κ1) is 32.6. The fourth-order valence-electron chi connectivity index (χ4n) is 10.1. The van der Waals surface area contributed by atoms with Crippen molar-refractivity contribution in [2.75, 3.05) is 7.05 Å². The zero-order chi connectivity index (χ0) is 36.6. The first-order valence-electron chi connectivity index (χ1n) is 20.1. The molecule has 2 aromatic carbocycles. The van der Waals surface area contributed by atoms with Crippen LogP contribution >= 0.6 is 0 Å². The van der Waals surface area contributed by atoms with Gasteiger partial charge in [0.2, 0.25) is 0 Å². The van der Waals surface area contributed by atoms with Crippen LogP contribution < -0.4 is 4.74 Å². The highest BCUT2D eigenvalue weighted by atomic mass is 16.5. The molecule has 1 fully saturated rings. The van der Waals surface area contributed by atoms with Gasteiger partial charge in [0.15, 0.2) is 0 Å². The van der Waals surface area contributed by atoms with Crippen molar-refractivity contribution in [2.45, 2.75) is 62.1 Å². The number of fused-ring (bicyclic) bond motifs is 8. The quantitative estimate of drug-likeness (QED) is 0.239. The number of likely N-dealkylation sites (N-methyl/N-ethyl adjacent to an activating group) is 1. The second-order valence-electron chi connectivity index (χ2n) is 16.0. The van der Waals surface area contributed by atoms with E-state index in [1.54, 1.807) is 0 Å². The zero-order valence-corrected chi connectivity index (χ0v) is 31.3. The second kappa shape index (κ2) is 12.9. The van der Waals surface area contributed by atoms with Crippen molar-refractivity contribution in [3.8, 4) is 5.75 Å². The van der Waals surface area contributed by atoms with E-state index < -0.39 is 0 Å². The standard InChI is InChI=1S/C50H44N4O/c1-3-40(52-43-18-11-14-31-22-27-44(54(2)49(31)43)30-12-5-4-6-13-30)33-21-26-42(51-29-33)46-35-23-20-32(28-39(35)46)48-38-25-24-36-34-15-8-10-19-45(34)55-50(36)47(38)37-16-7-9-17-41(37)53-48/h4-10,12-13,15-29,34-35,37,39,41,44-46H,3,11,14H2,1-2H3/b52-40+/t34?,35?,37?,39-,41?,44?,45?,46?/m0/s1. The van der Waals surface area contributed by atoms with Crippen LogP contribution in [0.25, 0.3) is 0 Å². The van der Waals surface area contributed by atoms with Crippen LogP contribution in [0.5, 0.6) is 5.75 Å². The van der Waals surface area contributed by atoms with Gasteiger partial charge in [-0.05, 0) is 66.0 Å². The van der Waals surface area contributed by atoms with Gasteiger partial charge in [0, 0.05) is 64.7 Å². The number of allylic oxidation sites excluding steroid dienone is 11. The molecule has 0 spiro atoms. The van der Waals surface area contributed by atoms with Crippen molar-refractivity contribution >= 4 is 11.4 Å². The number of aliphatic imine (C=N–C) groups is 2. The largest absolute Gasteiger partial charge is 0.485 e. The molecule has 8 aliphatic rings. The Labute approximate surface area is 323 Å². The number of ether oxygens (including phenoxy) is 1. The van der Waals surface area contributed by atoms with Crippen molar-refractivity contribution in [1.29, 1.82) is 0 Å². The molecule has 1 saturated carbocycles. The van der Waals surface area contributed by atoms with Gasteiger partial charge in [-0.3, -0.25) is 15.0 Å². The van der Waals surface area contributed by atoms with Crippen molar-refractivity contribution in [2.24, 2.45) is 21.8 Å². The summed E-state index contributed by atoms with van der Waals surface area (Å²) in [4.78, 5) is 18.3. The van der Waals surface area contributed by atoms with E-state index in [0.29, 0.717) is 17.8 Å². The first-order valence-corrected chi connectivity index (χ1v) is 20.1. The van der Waals surface area contributed by atoms with E-state index in [1.165, 1.54) is 39.1 Å². The highest BCUT2D eigenvalue weighted by Gasteiger charge is 2.51. The van der Waals surface area contributed by atoms with Gasteiger partial charge >= 0.3 is 0 Å². The molecule has 7 unspecified atom stereocenters. The van der Waals surface area contributed by atoms with E-state index in [0.717, 1.165) is 53.4 Å². The highest BCUT2D eigenvalue weighted by molar-refractivity contribution is 6.17. The van der Waals surface area contributed by atoms with Gasteiger partial charge in [0.05, 0.1) is 29.2 Å². The van der Waals surface area contributed by atoms with Gasteiger partial charge in [-0.1, -0.05) is 128 Å². The molecule has 5 aliphatic carbocycles. The summed E-state index contributed by atoms with van der Waals surface area (Å²) in [6.45, 7) is 2.20. The molecule has 4 heterocycles. The third-order valence-electron chi connectivity index (χ3n) is 12.9. The summed E-state index contributed by atoms with van der Waals surface area (Å²) in [6.07, 6.45) is 36.7. The summed E-state index contributed by atoms with van der Waals surface area (Å²) in [6, 6.07) is 20.1. The third kappa shape index (κ3) is 5.31. The lowest BCUT2D eigenvalue weighted by Gasteiger charge is -2.36. The van der Waals surface area contributed by atoms with Gasteiger partial charge < -0.3 is 9.64 Å². The fraction of sp³-hybridized carbons (Fsp3) is 0.260. The molecule has 0 N–H and O–H groups in total. The molecule has 0 saturated heterocycles. The number of benzene rings is 2. The number of hydrogen-bond acceptors (Lipinski definition) is 5. The molecular formula is C50H44N4O. The Morgan fingerprint density at radius 1 is 0.873 bits per heavy atom. The summed E-state index contributed by atoms with van der Waals surface area (Å²) < 4.78 is 6.71. The van der Waals surface area contributed by atoms with Crippen LogP contribution in [0.1, 0.15) is 83.5 Å². The lowest BCUT2D eigenvalue weighted by molar-refractivity contribution is 0.265. The average Bonchev–Trinajstić information content (AvgIpc) is 3.84. The van der Waals surface area contributed by atoms with Crippen LogP contribution in [0.3, 0.4) is 0 Å². The Hall–Kier alpha value is -5.81. The van der Waals surface area contributed by atoms with Crippen molar-refractivity contribution < 1.29 is 4.74 Å². The van der Waals surface area contributed by atoms with Crippen LogP contribution in [-0.2, 0) is 0 Å². The molecule has 0 amide bonds. The Kier molecular flexibility index (Phi) is 7.65. The molecule has 3 aromatic rings. The summed E-state index contributed by atoms with van der Waals surface area (Å²) in [5, 5.41) is 0. The average molecular weight is 717 g/mol. The van der Waals surface area contributed by atoms with Crippen LogP contribution in [0.15, 0.2) is 178 Å². The van der Waals surface area contributed by atoms with Crippen LogP contribution in [-0.4, -0.2) is 40.5 Å². The third-order valence-corrected chi connectivity index (χ3v) is 12.9. The molecule has 8 atom stereocenters. The molecule has 11 rings (SSSR count). The highest BCUT2D eigenvalue weighted by Crippen LogP contribution is 2.58. The predicted molar refractivity (Wildman–Crippen MR) is 222 cm³/mol. The van der Waals surface area contributed by atoms with Crippen molar-refractivity contribution in [3.05, 3.63) is 202 Å². The van der Waals surface area contributed by atoms with Crippen molar-refractivity contribution in [3.63, 3.8) is 0 Å². The molecule has 5 heteroatoms. The first-order chi connectivity index (χ1) is 27.1. The molecule has 0 radical (unpaired) electrons. The summed E-state index contributed by atoms with van der Waals surface area (Å²) in [5.74, 6) is 2.76. The Bertz CT molecular complexity index is 2450. The number of nitrogens with zero attached hydrogens (tertiary/aromatic N) is 4. The minimum Gasteiger partial charge on any atom is -0.485 e. The lowest BCUT2D eigenvalue weighted by Crippen LogP contribution is -2.28. The van der Waals surface area contributed by atoms with Gasteiger partial charge in [0.25, 0.3) is 0 Å². The topological polar surface area (TPSA) is 50.1 Å². The monoisotopic (exact) mass is 716 g/mol. The number of aromatic nitrogens is 1. The Balaban J connectivity index is 0.853.